The minimum Gasteiger partial charge on any atom is -0.376 e. The number of aromatic nitrogens is 2. The zero-order valence-corrected chi connectivity index (χ0v) is 12.2. The quantitative estimate of drug-likeness (QED) is 0.824. The van der Waals surface area contributed by atoms with E-state index in [1.54, 1.807) is 10.9 Å². The lowest BCUT2D eigenvalue weighted by Gasteiger charge is -2.16. The Labute approximate surface area is 119 Å². The highest BCUT2D eigenvalue weighted by atomic mass is 16.5. The van der Waals surface area contributed by atoms with Gasteiger partial charge in [-0.1, -0.05) is 20.3 Å². The van der Waals surface area contributed by atoms with Crippen LogP contribution in [0.2, 0.25) is 0 Å². The van der Waals surface area contributed by atoms with E-state index in [4.69, 9.17) is 10.5 Å². The first-order chi connectivity index (χ1) is 9.60. The maximum atomic E-state index is 12.0. The first kappa shape index (κ1) is 15.0. The number of nitrogens with one attached hydrogen (secondary N) is 1. The number of carbonyl (C=O) groups excluding carboxylic acids is 1. The lowest BCUT2D eigenvalue weighted by molar-refractivity contribution is -0.118. The van der Waals surface area contributed by atoms with Gasteiger partial charge in [0.15, 0.2) is 0 Å². The van der Waals surface area contributed by atoms with Gasteiger partial charge in [-0.25, -0.2) is 0 Å². The van der Waals surface area contributed by atoms with Crippen molar-refractivity contribution in [2.45, 2.75) is 51.8 Å². The third kappa shape index (κ3) is 3.80. The van der Waals surface area contributed by atoms with E-state index < -0.39 is 6.04 Å². The average molecular weight is 280 g/mol. The molecule has 1 saturated heterocycles. The molecule has 0 bridgehead atoms. The fraction of sp³-hybridized carbons (Fsp3) is 0.714. The number of anilines is 1. The second-order valence-corrected chi connectivity index (χ2v) is 5.49. The van der Waals surface area contributed by atoms with Gasteiger partial charge in [0.2, 0.25) is 5.91 Å². The zero-order valence-electron chi connectivity index (χ0n) is 12.2. The van der Waals surface area contributed by atoms with Gasteiger partial charge in [-0.15, -0.1) is 0 Å². The van der Waals surface area contributed by atoms with Crippen molar-refractivity contribution in [3.63, 3.8) is 0 Å². The van der Waals surface area contributed by atoms with Crippen molar-refractivity contribution in [2.24, 2.45) is 11.7 Å². The number of hydrogen-bond acceptors (Lipinski definition) is 4. The number of nitrogens with two attached hydrogens (primary N) is 1. The molecular formula is C14H24N4O2. The van der Waals surface area contributed by atoms with E-state index in [9.17, 15) is 4.79 Å². The van der Waals surface area contributed by atoms with Crippen LogP contribution in [-0.4, -0.2) is 34.4 Å². The standard InChI is InChI=1S/C14H24N4O2/c1-3-10(2)13(15)14(19)17-11-7-16-18(8-11)9-12-5-4-6-20-12/h7-8,10,12-13H,3-6,9,15H2,1-2H3,(H,17,19)/t10?,12?,13-/m0/s1. The van der Waals surface area contributed by atoms with Crippen LogP contribution in [0.3, 0.4) is 0 Å². The van der Waals surface area contributed by atoms with Crippen LogP contribution in [0, 0.1) is 5.92 Å². The van der Waals surface area contributed by atoms with Crippen LogP contribution in [0.1, 0.15) is 33.1 Å². The third-order valence-electron chi connectivity index (χ3n) is 3.88. The van der Waals surface area contributed by atoms with Gasteiger partial charge in [0.05, 0.1) is 30.6 Å². The molecule has 1 aromatic rings. The molecule has 20 heavy (non-hydrogen) atoms. The topological polar surface area (TPSA) is 82.2 Å². The SMILES string of the molecule is CCC(C)[C@H](N)C(=O)Nc1cnn(CC2CCCO2)c1. The summed E-state index contributed by atoms with van der Waals surface area (Å²) in [6, 6.07) is -0.485. The largest absolute Gasteiger partial charge is 0.376 e. The maximum absolute atomic E-state index is 12.0. The van der Waals surface area contributed by atoms with Crippen molar-refractivity contribution in [1.29, 1.82) is 0 Å². The molecule has 1 aliphatic heterocycles. The molecule has 0 radical (unpaired) electrons. The molecule has 0 spiro atoms. The Balaban J connectivity index is 1.87. The molecule has 2 heterocycles. The Morgan fingerprint density at radius 2 is 2.50 bits per heavy atom. The van der Waals surface area contributed by atoms with Crippen LogP contribution < -0.4 is 11.1 Å². The third-order valence-corrected chi connectivity index (χ3v) is 3.88. The van der Waals surface area contributed by atoms with Crippen molar-refractivity contribution in [3.8, 4) is 0 Å². The smallest absolute Gasteiger partial charge is 0.241 e. The van der Waals surface area contributed by atoms with E-state index in [2.05, 4.69) is 10.4 Å². The maximum Gasteiger partial charge on any atom is 0.241 e. The summed E-state index contributed by atoms with van der Waals surface area (Å²) >= 11 is 0. The van der Waals surface area contributed by atoms with Crippen LogP contribution >= 0.6 is 0 Å². The number of ether oxygens (including phenoxy) is 1. The summed E-state index contributed by atoms with van der Waals surface area (Å²) in [5.74, 6) is 0.00736. The van der Waals surface area contributed by atoms with Crippen LogP contribution in [0.5, 0.6) is 0 Å². The molecule has 1 fully saturated rings. The van der Waals surface area contributed by atoms with Gasteiger partial charge in [0.1, 0.15) is 0 Å². The van der Waals surface area contributed by atoms with E-state index >= 15 is 0 Å². The van der Waals surface area contributed by atoms with Gasteiger partial charge < -0.3 is 15.8 Å². The molecule has 2 rings (SSSR count). The van der Waals surface area contributed by atoms with Crippen LogP contribution in [0.15, 0.2) is 12.4 Å². The van der Waals surface area contributed by atoms with Gasteiger partial charge in [0.25, 0.3) is 0 Å². The molecule has 0 aliphatic carbocycles. The van der Waals surface area contributed by atoms with Crippen molar-refractivity contribution in [3.05, 3.63) is 12.4 Å². The minimum absolute atomic E-state index is 0.156. The normalized spacial score (nSPS) is 21.6. The molecule has 2 unspecified atom stereocenters. The Hall–Kier alpha value is -1.40. The van der Waals surface area contributed by atoms with Crippen molar-refractivity contribution >= 4 is 11.6 Å². The van der Waals surface area contributed by atoms with E-state index in [1.807, 2.05) is 20.0 Å². The van der Waals surface area contributed by atoms with E-state index in [-0.39, 0.29) is 17.9 Å². The summed E-state index contributed by atoms with van der Waals surface area (Å²) in [5.41, 5.74) is 6.59. The fourth-order valence-corrected chi connectivity index (χ4v) is 2.26. The monoisotopic (exact) mass is 280 g/mol. The van der Waals surface area contributed by atoms with Gasteiger partial charge in [-0.3, -0.25) is 9.48 Å². The van der Waals surface area contributed by atoms with Crippen LogP contribution in [0.4, 0.5) is 5.69 Å². The highest BCUT2D eigenvalue weighted by Crippen LogP contribution is 2.15. The molecule has 1 aromatic heterocycles. The lowest BCUT2D eigenvalue weighted by Crippen LogP contribution is -2.40. The van der Waals surface area contributed by atoms with Crippen LogP contribution in [-0.2, 0) is 16.1 Å². The molecule has 0 saturated carbocycles. The Morgan fingerprint density at radius 1 is 1.70 bits per heavy atom. The second-order valence-electron chi connectivity index (χ2n) is 5.49. The Kier molecular flexibility index (Phi) is 5.14. The number of amides is 1. The zero-order chi connectivity index (χ0) is 14.5. The highest BCUT2D eigenvalue weighted by molar-refractivity contribution is 5.94. The molecule has 3 atom stereocenters. The number of rotatable bonds is 6. The summed E-state index contributed by atoms with van der Waals surface area (Å²) in [6.07, 6.45) is 6.77. The summed E-state index contributed by atoms with van der Waals surface area (Å²) < 4.78 is 7.37. The summed E-state index contributed by atoms with van der Waals surface area (Å²) in [6.45, 7) is 5.56. The minimum atomic E-state index is -0.485. The second kappa shape index (κ2) is 6.85. The average Bonchev–Trinajstić information content (AvgIpc) is 3.09. The fourth-order valence-electron chi connectivity index (χ4n) is 2.26. The Morgan fingerprint density at radius 3 is 3.15 bits per heavy atom. The van der Waals surface area contributed by atoms with E-state index in [1.165, 1.54) is 0 Å². The van der Waals surface area contributed by atoms with Crippen molar-refractivity contribution < 1.29 is 9.53 Å². The predicted molar refractivity (Wildman–Crippen MR) is 77.3 cm³/mol. The number of hydrogen-bond donors (Lipinski definition) is 2. The molecule has 6 nitrogen and oxygen atoms in total. The first-order valence-electron chi connectivity index (χ1n) is 7.30. The molecule has 1 amide bonds. The summed E-state index contributed by atoms with van der Waals surface area (Å²) in [4.78, 5) is 12.0. The molecule has 112 valence electrons. The van der Waals surface area contributed by atoms with Crippen molar-refractivity contribution in [2.75, 3.05) is 11.9 Å². The van der Waals surface area contributed by atoms with Crippen LogP contribution in [0.25, 0.3) is 0 Å². The molecule has 0 aromatic carbocycles. The molecule has 3 N–H and O–H groups in total. The van der Waals surface area contributed by atoms with Gasteiger partial charge in [0, 0.05) is 12.8 Å². The first-order valence-corrected chi connectivity index (χ1v) is 7.30. The van der Waals surface area contributed by atoms with E-state index in [0.29, 0.717) is 5.69 Å². The Bertz CT molecular complexity index is 440. The number of nitrogens with zero attached hydrogens (tertiary/aromatic N) is 2. The molecule has 6 heteroatoms. The predicted octanol–water partition coefficient (Wildman–Crippen LogP) is 1.37. The number of carbonyl (C=O) groups is 1. The summed E-state index contributed by atoms with van der Waals surface area (Å²) in [7, 11) is 0. The molecule has 1 aliphatic rings. The summed E-state index contributed by atoms with van der Waals surface area (Å²) in [5, 5.41) is 7.05. The van der Waals surface area contributed by atoms with Gasteiger partial charge in [-0.05, 0) is 18.8 Å². The van der Waals surface area contributed by atoms with Gasteiger partial charge in [-0.2, -0.15) is 5.10 Å². The van der Waals surface area contributed by atoms with E-state index in [0.717, 1.165) is 32.4 Å². The van der Waals surface area contributed by atoms with Gasteiger partial charge >= 0.3 is 0 Å². The molecular weight excluding hydrogens is 256 g/mol. The lowest BCUT2D eigenvalue weighted by atomic mass is 9.99. The highest BCUT2D eigenvalue weighted by Gasteiger charge is 2.20. The van der Waals surface area contributed by atoms with Crippen molar-refractivity contribution in [1.82, 2.24) is 9.78 Å².